The average Bonchev–Trinajstić information content (AvgIpc) is 2.73. The van der Waals surface area contributed by atoms with Crippen molar-refractivity contribution >= 4 is 27.6 Å². The zero-order valence-electron chi connectivity index (χ0n) is 16.2. The maximum Gasteiger partial charge on any atom is 0.162 e. The smallest absolute Gasteiger partial charge is 0.162 e. The molecule has 0 spiro atoms. The van der Waals surface area contributed by atoms with Gasteiger partial charge in [0, 0.05) is 10.0 Å². The Morgan fingerprint density at radius 1 is 1.03 bits per heavy atom. The van der Waals surface area contributed by atoms with Gasteiger partial charge in [0.15, 0.2) is 11.5 Å². The molecule has 152 valence electrons. The van der Waals surface area contributed by atoms with Crippen molar-refractivity contribution < 1.29 is 18.3 Å². The topological polar surface area (TPSA) is 42.2 Å². The van der Waals surface area contributed by atoms with E-state index in [9.17, 15) is 14.0 Å². The number of rotatable bonds is 7. The van der Waals surface area contributed by atoms with E-state index < -0.39 is 5.82 Å². The summed E-state index contributed by atoms with van der Waals surface area (Å²) in [6, 6.07) is 17.8. The number of allylic oxidation sites excluding steroid dienone is 1. The van der Waals surface area contributed by atoms with E-state index in [1.807, 2.05) is 6.92 Å². The zero-order valence-corrected chi connectivity index (χ0v) is 17.7. The van der Waals surface area contributed by atoms with Crippen LogP contribution in [-0.4, -0.2) is 6.61 Å². The van der Waals surface area contributed by atoms with Crippen molar-refractivity contribution in [2.75, 3.05) is 6.61 Å². The summed E-state index contributed by atoms with van der Waals surface area (Å²) in [4.78, 5) is 0. The van der Waals surface area contributed by atoms with E-state index in [2.05, 4.69) is 22.0 Å². The van der Waals surface area contributed by atoms with Gasteiger partial charge in [-0.1, -0.05) is 46.3 Å². The Morgan fingerprint density at radius 2 is 1.80 bits per heavy atom. The maximum atomic E-state index is 13.9. The summed E-state index contributed by atoms with van der Waals surface area (Å²) in [5.41, 5.74) is 1.87. The van der Waals surface area contributed by atoms with E-state index in [0.29, 0.717) is 44.8 Å². The molecule has 3 aromatic rings. The Balaban J connectivity index is 1.94. The predicted octanol–water partition coefficient (Wildman–Crippen LogP) is 6.77. The summed E-state index contributed by atoms with van der Waals surface area (Å²) >= 11 is 3.48. The molecule has 0 aromatic heterocycles. The molecule has 3 nitrogen and oxygen atoms in total. The van der Waals surface area contributed by atoms with Gasteiger partial charge >= 0.3 is 0 Å². The third-order valence-corrected chi connectivity index (χ3v) is 4.95. The Kier molecular flexibility index (Phi) is 7.21. The summed E-state index contributed by atoms with van der Waals surface area (Å²) in [5, 5.41) is 9.54. The third-order valence-electron chi connectivity index (χ3n) is 4.26. The molecule has 0 bridgehead atoms. The first-order valence-corrected chi connectivity index (χ1v) is 10.0. The van der Waals surface area contributed by atoms with E-state index >= 15 is 0 Å². The van der Waals surface area contributed by atoms with Crippen LogP contribution in [0.5, 0.6) is 11.5 Å². The lowest BCUT2D eigenvalue weighted by Gasteiger charge is -2.14. The van der Waals surface area contributed by atoms with Crippen LogP contribution in [0.15, 0.2) is 65.1 Å². The molecule has 0 N–H and O–H groups in total. The summed E-state index contributed by atoms with van der Waals surface area (Å²) in [5.74, 6) is 0.135. The molecule has 0 aliphatic carbocycles. The van der Waals surface area contributed by atoms with Crippen molar-refractivity contribution in [2.24, 2.45) is 0 Å². The Labute approximate surface area is 182 Å². The van der Waals surface area contributed by atoms with E-state index in [-0.39, 0.29) is 12.4 Å². The minimum atomic E-state index is -0.417. The molecule has 3 aromatic carbocycles. The van der Waals surface area contributed by atoms with Crippen molar-refractivity contribution in [3.63, 3.8) is 0 Å². The monoisotopic (exact) mass is 469 g/mol. The second-order valence-electron chi connectivity index (χ2n) is 6.31. The quantitative estimate of drug-likeness (QED) is 0.283. The van der Waals surface area contributed by atoms with Gasteiger partial charge in [0.1, 0.15) is 18.2 Å². The van der Waals surface area contributed by atoms with Crippen LogP contribution in [-0.2, 0) is 6.61 Å². The maximum absolute atomic E-state index is 13.9. The highest BCUT2D eigenvalue weighted by Gasteiger charge is 2.13. The average molecular weight is 470 g/mol. The standard InChI is InChI=1S/C24H18BrF2NO2/c1-2-29-23-12-18(10-19(14-28)16-7-5-8-20(26)11-16)21(25)13-24(23)30-15-17-6-3-4-9-22(17)27/h3-13H,2,15H2,1H3/b19-10-. The van der Waals surface area contributed by atoms with Crippen molar-refractivity contribution in [2.45, 2.75) is 13.5 Å². The van der Waals surface area contributed by atoms with Gasteiger partial charge < -0.3 is 9.47 Å². The highest BCUT2D eigenvalue weighted by atomic mass is 79.9. The second kappa shape index (κ2) is 10.0. The molecule has 0 saturated carbocycles. The molecule has 0 saturated heterocycles. The summed E-state index contributed by atoms with van der Waals surface area (Å²) < 4.78 is 39.5. The summed E-state index contributed by atoms with van der Waals surface area (Å²) in [6.45, 7) is 2.28. The highest BCUT2D eigenvalue weighted by molar-refractivity contribution is 9.10. The molecule has 0 amide bonds. The lowest BCUT2D eigenvalue weighted by Crippen LogP contribution is -2.02. The van der Waals surface area contributed by atoms with Gasteiger partial charge in [0.25, 0.3) is 0 Å². The van der Waals surface area contributed by atoms with Gasteiger partial charge in [0.2, 0.25) is 0 Å². The van der Waals surface area contributed by atoms with E-state index in [1.54, 1.807) is 48.5 Å². The number of ether oxygens (including phenoxy) is 2. The number of hydrogen-bond donors (Lipinski definition) is 0. The molecule has 0 atom stereocenters. The lowest BCUT2D eigenvalue weighted by atomic mass is 10.0. The molecule has 0 aliphatic heterocycles. The van der Waals surface area contributed by atoms with Crippen molar-refractivity contribution in [1.82, 2.24) is 0 Å². The number of hydrogen-bond acceptors (Lipinski definition) is 3. The fourth-order valence-electron chi connectivity index (χ4n) is 2.81. The first kappa shape index (κ1) is 21.5. The van der Waals surface area contributed by atoms with Crippen LogP contribution in [0.1, 0.15) is 23.6 Å². The Morgan fingerprint density at radius 3 is 2.50 bits per heavy atom. The van der Waals surface area contributed by atoms with Gasteiger partial charge in [-0.15, -0.1) is 0 Å². The molecule has 6 heteroatoms. The highest BCUT2D eigenvalue weighted by Crippen LogP contribution is 2.36. The van der Waals surface area contributed by atoms with Gasteiger partial charge in [0.05, 0.1) is 18.2 Å². The zero-order chi connectivity index (χ0) is 21.5. The molecule has 0 heterocycles. The van der Waals surface area contributed by atoms with Crippen LogP contribution < -0.4 is 9.47 Å². The lowest BCUT2D eigenvalue weighted by molar-refractivity contribution is 0.265. The molecular formula is C24H18BrF2NO2. The summed E-state index contributed by atoms with van der Waals surface area (Å²) in [6.07, 6.45) is 1.64. The van der Waals surface area contributed by atoms with E-state index in [1.165, 1.54) is 18.2 Å². The minimum absolute atomic E-state index is 0.0428. The minimum Gasteiger partial charge on any atom is -0.490 e. The van der Waals surface area contributed by atoms with Crippen LogP contribution in [0.25, 0.3) is 11.6 Å². The third kappa shape index (κ3) is 5.25. The number of benzene rings is 3. The fraction of sp³-hybridized carbons (Fsp3) is 0.125. The van der Waals surface area contributed by atoms with Crippen molar-refractivity contribution in [1.29, 1.82) is 5.26 Å². The Bertz CT molecular complexity index is 1120. The SMILES string of the molecule is CCOc1cc(/C=C(/C#N)c2cccc(F)c2)c(Br)cc1OCc1ccccc1F. The van der Waals surface area contributed by atoms with Crippen LogP contribution in [0.2, 0.25) is 0 Å². The summed E-state index contributed by atoms with van der Waals surface area (Å²) in [7, 11) is 0. The van der Waals surface area contributed by atoms with E-state index in [0.717, 1.165) is 0 Å². The number of halogens is 3. The fourth-order valence-corrected chi connectivity index (χ4v) is 3.24. The largest absolute Gasteiger partial charge is 0.490 e. The normalized spacial score (nSPS) is 11.1. The molecule has 0 aliphatic rings. The predicted molar refractivity (Wildman–Crippen MR) is 116 cm³/mol. The molecule has 3 rings (SSSR count). The van der Waals surface area contributed by atoms with Crippen molar-refractivity contribution in [3.05, 3.63) is 93.5 Å². The van der Waals surface area contributed by atoms with Crippen molar-refractivity contribution in [3.8, 4) is 17.6 Å². The molecule has 0 unspecified atom stereocenters. The van der Waals surface area contributed by atoms with Crippen LogP contribution in [0.4, 0.5) is 8.78 Å². The van der Waals surface area contributed by atoms with E-state index in [4.69, 9.17) is 9.47 Å². The van der Waals surface area contributed by atoms with Crippen LogP contribution in [0, 0.1) is 23.0 Å². The van der Waals surface area contributed by atoms with Crippen LogP contribution in [0.3, 0.4) is 0 Å². The second-order valence-corrected chi connectivity index (χ2v) is 7.17. The van der Waals surface area contributed by atoms with Gasteiger partial charge in [-0.25, -0.2) is 8.78 Å². The first-order chi connectivity index (χ1) is 14.5. The van der Waals surface area contributed by atoms with Gasteiger partial charge in [-0.05, 0) is 54.5 Å². The Hall–Kier alpha value is -3.17. The molecule has 0 fully saturated rings. The molecule has 0 radical (unpaired) electrons. The van der Waals surface area contributed by atoms with Crippen LogP contribution >= 0.6 is 15.9 Å². The van der Waals surface area contributed by atoms with Gasteiger partial charge in [-0.2, -0.15) is 5.26 Å². The number of nitrogens with zero attached hydrogens (tertiary/aromatic N) is 1. The number of nitriles is 1. The first-order valence-electron chi connectivity index (χ1n) is 9.22. The molecular weight excluding hydrogens is 452 g/mol. The molecule has 30 heavy (non-hydrogen) atoms. The van der Waals surface area contributed by atoms with Gasteiger partial charge in [-0.3, -0.25) is 0 Å².